The number of rotatable bonds is 5. The molecule has 0 atom stereocenters. The molecule has 1 aromatic heterocycles. The second-order valence-electron chi connectivity index (χ2n) is 6.90. The number of nitrogens with zero attached hydrogens (tertiary/aromatic N) is 3. The maximum atomic E-state index is 12.8. The molecule has 23 heavy (non-hydrogen) atoms. The van der Waals surface area contributed by atoms with E-state index in [2.05, 4.69) is 5.10 Å². The number of fused-ring (bicyclic) bond motifs is 1. The first kappa shape index (κ1) is 15.7. The van der Waals surface area contributed by atoms with Crippen LogP contribution in [-0.4, -0.2) is 34.2 Å². The van der Waals surface area contributed by atoms with Gasteiger partial charge in [-0.05, 0) is 30.7 Å². The van der Waals surface area contributed by atoms with E-state index in [0.29, 0.717) is 28.9 Å². The zero-order valence-corrected chi connectivity index (χ0v) is 14.0. The van der Waals surface area contributed by atoms with Crippen LogP contribution in [0.5, 0.6) is 0 Å². The summed E-state index contributed by atoms with van der Waals surface area (Å²) in [5.74, 6) is 0.802. The monoisotopic (exact) mass is 313 g/mol. The maximum Gasteiger partial charge on any atom is 0.274 e. The molecule has 2 aromatic rings. The largest absolute Gasteiger partial charge is 0.340 e. The third-order valence-electron chi connectivity index (χ3n) is 4.18. The minimum absolute atomic E-state index is 0.106. The van der Waals surface area contributed by atoms with Crippen LogP contribution >= 0.6 is 0 Å². The molecule has 0 spiro atoms. The van der Waals surface area contributed by atoms with E-state index >= 15 is 0 Å². The van der Waals surface area contributed by atoms with E-state index in [9.17, 15) is 9.59 Å². The summed E-state index contributed by atoms with van der Waals surface area (Å²) in [6, 6.07) is 7.25. The second kappa shape index (κ2) is 6.14. The van der Waals surface area contributed by atoms with Crippen molar-refractivity contribution in [2.45, 2.75) is 33.2 Å². The van der Waals surface area contributed by atoms with Crippen LogP contribution in [0.2, 0.25) is 0 Å². The third-order valence-corrected chi connectivity index (χ3v) is 4.18. The number of hydrogen-bond acceptors (Lipinski definition) is 3. The molecular weight excluding hydrogens is 290 g/mol. The molecule has 1 aliphatic carbocycles. The molecule has 0 unspecified atom stereocenters. The average molecular weight is 313 g/mol. The Morgan fingerprint density at radius 2 is 1.96 bits per heavy atom. The molecular formula is C18H23N3O2. The van der Waals surface area contributed by atoms with Crippen LogP contribution in [0.15, 0.2) is 29.1 Å². The summed E-state index contributed by atoms with van der Waals surface area (Å²) >= 11 is 0. The third kappa shape index (κ3) is 3.28. The number of carbonyl (C=O) groups is 1. The van der Waals surface area contributed by atoms with Gasteiger partial charge in [0.05, 0.1) is 5.39 Å². The fraction of sp³-hybridized carbons (Fsp3) is 0.500. The average Bonchev–Trinajstić information content (AvgIpc) is 3.33. The summed E-state index contributed by atoms with van der Waals surface area (Å²) in [6.45, 7) is 5.34. The summed E-state index contributed by atoms with van der Waals surface area (Å²) in [5.41, 5.74) is 0.250. The summed E-state index contributed by atoms with van der Waals surface area (Å²) in [4.78, 5) is 27.1. The predicted molar refractivity (Wildman–Crippen MR) is 90.5 cm³/mol. The highest BCUT2D eigenvalue weighted by Crippen LogP contribution is 2.29. The lowest BCUT2D eigenvalue weighted by Gasteiger charge is -2.18. The predicted octanol–water partition coefficient (Wildman–Crippen LogP) is 2.53. The van der Waals surface area contributed by atoms with Gasteiger partial charge >= 0.3 is 0 Å². The highest BCUT2D eigenvalue weighted by molar-refractivity contribution is 6.04. The van der Waals surface area contributed by atoms with Gasteiger partial charge < -0.3 is 4.90 Å². The Hall–Kier alpha value is -2.17. The van der Waals surface area contributed by atoms with Crippen molar-refractivity contribution in [3.8, 4) is 0 Å². The molecule has 5 nitrogen and oxygen atoms in total. The Kier molecular flexibility index (Phi) is 4.20. The Labute approximate surface area is 135 Å². The van der Waals surface area contributed by atoms with Crippen LogP contribution in [-0.2, 0) is 6.54 Å². The van der Waals surface area contributed by atoms with Crippen molar-refractivity contribution in [3.05, 3.63) is 40.3 Å². The van der Waals surface area contributed by atoms with E-state index in [1.54, 1.807) is 11.0 Å². The molecule has 1 saturated carbocycles. The van der Waals surface area contributed by atoms with Crippen LogP contribution in [0.3, 0.4) is 0 Å². The lowest BCUT2D eigenvalue weighted by Crippen LogP contribution is -2.33. The van der Waals surface area contributed by atoms with Gasteiger partial charge in [0.2, 0.25) is 0 Å². The van der Waals surface area contributed by atoms with E-state index in [1.165, 1.54) is 17.5 Å². The van der Waals surface area contributed by atoms with E-state index < -0.39 is 0 Å². The van der Waals surface area contributed by atoms with Crippen LogP contribution in [0.1, 0.15) is 37.2 Å². The molecule has 0 N–H and O–H groups in total. The van der Waals surface area contributed by atoms with Crippen molar-refractivity contribution < 1.29 is 4.79 Å². The van der Waals surface area contributed by atoms with Crippen molar-refractivity contribution in [2.75, 3.05) is 13.6 Å². The van der Waals surface area contributed by atoms with Crippen LogP contribution < -0.4 is 5.56 Å². The zero-order valence-electron chi connectivity index (χ0n) is 14.0. The molecule has 122 valence electrons. The molecule has 1 fully saturated rings. The number of carbonyl (C=O) groups excluding carboxylic acids is 1. The Morgan fingerprint density at radius 1 is 1.30 bits per heavy atom. The quantitative estimate of drug-likeness (QED) is 0.852. The number of benzene rings is 1. The van der Waals surface area contributed by atoms with Gasteiger partial charge in [-0.3, -0.25) is 9.59 Å². The second-order valence-corrected chi connectivity index (χ2v) is 6.90. The van der Waals surface area contributed by atoms with Crippen LogP contribution in [0.4, 0.5) is 0 Å². The van der Waals surface area contributed by atoms with Crippen LogP contribution in [0, 0.1) is 11.8 Å². The van der Waals surface area contributed by atoms with Crippen molar-refractivity contribution >= 4 is 16.7 Å². The summed E-state index contributed by atoms with van der Waals surface area (Å²) in [7, 11) is 1.81. The van der Waals surface area contributed by atoms with Crippen molar-refractivity contribution in [3.63, 3.8) is 0 Å². The fourth-order valence-electron chi connectivity index (χ4n) is 2.81. The van der Waals surface area contributed by atoms with Crippen LogP contribution in [0.25, 0.3) is 10.8 Å². The van der Waals surface area contributed by atoms with Gasteiger partial charge in [0.15, 0.2) is 5.69 Å². The standard InChI is InChI=1S/C18H23N3O2/c1-12(2)10-21-17(22)15-7-5-4-6-14(15)16(19-21)18(23)20(3)11-13-8-9-13/h4-7,12-13H,8-11H2,1-3H3. The Balaban J connectivity index is 2.08. The molecule has 1 aliphatic rings. The first-order chi connectivity index (χ1) is 11.0. The lowest BCUT2D eigenvalue weighted by molar-refractivity contribution is 0.0782. The molecule has 1 heterocycles. The molecule has 0 bridgehead atoms. The minimum atomic E-state index is -0.129. The SMILES string of the molecule is CC(C)Cn1nc(C(=O)N(C)CC2CC2)c2ccccc2c1=O. The Bertz CT molecular complexity index is 790. The zero-order chi connectivity index (χ0) is 16.6. The topological polar surface area (TPSA) is 55.2 Å². The van der Waals surface area contributed by atoms with E-state index in [4.69, 9.17) is 0 Å². The summed E-state index contributed by atoms with van der Waals surface area (Å²) in [6.07, 6.45) is 2.39. The van der Waals surface area contributed by atoms with E-state index in [1.807, 2.05) is 39.1 Å². The number of hydrogen-bond donors (Lipinski definition) is 0. The first-order valence-electron chi connectivity index (χ1n) is 8.22. The summed E-state index contributed by atoms with van der Waals surface area (Å²) < 4.78 is 1.44. The molecule has 0 saturated heterocycles. The van der Waals surface area contributed by atoms with Gasteiger partial charge in [0, 0.05) is 25.5 Å². The lowest BCUT2D eigenvalue weighted by atomic mass is 10.1. The molecule has 1 aromatic carbocycles. The summed E-state index contributed by atoms with van der Waals surface area (Å²) in [5, 5.41) is 5.61. The minimum Gasteiger partial charge on any atom is -0.340 e. The normalized spacial score (nSPS) is 14.4. The number of aromatic nitrogens is 2. The van der Waals surface area contributed by atoms with Crippen molar-refractivity contribution in [1.82, 2.24) is 14.7 Å². The smallest absolute Gasteiger partial charge is 0.274 e. The van der Waals surface area contributed by atoms with E-state index in [0.717, 1.165) is 6.54 Å². The first-order valence-corrected chi connectivity index (χ1v) is 8.22. The molecule has 0 aliphatic heterocycles. The molecule has 1 amide bonds. The van der Waals surface area contributed by atoms with Gasteiger partial charge in [-0.25, -0.2) is 4.68 Å². The molecule has 3 rings (SSSR count). The maximum absolute atomic E-state index is 12.8. The molecule has 5 heteroatoms. The van der Waals surface area contributed by atoms with Gasteiger partial charge in [-0.15, -0.1) is 0 Å². The van der Waals surface area contributed by atoms with E-state index in [-0.39, 0.29) is 17.4 Å². The van der Waals surface area contributed by atoms with Crippen molar-refractivity contribution in [2.24, 2.45) is 11.8 Å². The van der Waals surface area contributed by atoms with Gasteiger partial charge in [0.25, 0.3) is 11.5 Å². The van der Waals surface area contributed by atoms with Gasteiger partial charge in [-0.1, -0.05) is 32.0 Å². The Morgan fingerprint density at radius 3 is 2.57 bits per heavy atom. The number of amides is 1. The van der Waals surface area contributed by atoms with Crippen molar-refractivity contribution in [1.29, 1.82) is 0 Å². The highest BCUT2D eigenvalue weighted by atomic mass is 16.2. The fourth-order valence-corrected chi connectivity index (χ4v) is 2.81. The van der Waals surface area contributed by atoms with Gasteiger partial charge in [-0.2, -0.15) is 5.10 Å². The van der Waals surface area contributed by atoms with Gasteiger partial charge in [0.1, 0.15) is 0 Å². The highest BCUT2D eigenvalue weighted by Gasteiger charge is 2.27. The molecule has 0 radical (unpaired) electrons.